The summed E-state index contributed by atoms with van der Waals surface area (Å²) in [6.45, 7) is 0. The lowest BCUT2D eigenvalue weighted by Gasteiger charge is -2.10. The SMILES string of the molecule is O1[SiH2]O[SiH2]O[SiH2]O[SiH2]O[SiH2]O[SiH2]1. The first-order valence-corrected chi connectivity index (χ1v) is 10.4. The molecule has 0 unspecified atom stereocenters. The monoisotopic (exact) mass is 276 g/mol. The molecule has 6 nitrogen and oxygen atoms in total. The van der Waals surface area contributed by atoms with Crippen LogP contribution in [0.15, 0.2) is 0 Å². The zero-order valence-electron chi connectivity index (χ0n) is 6.69. The summed E-state index contributed by atoms with van der Waals surface area (Å²) in [5.74, 6) is 0. The van der Waals surface area contributed by atoms with Crippen LogP contribution in [0.2, 0.25) is 0 Å². The maximum absolute atomic E-state index is 5.24. The summed E-state index contributed by atoms with van der Waals surface area (Å²) >= 11 is 0. The van der Waals surface area contributed by atoms with Gasteiger partial charge in [-0.1, -0.05) is 0 Å². The van der Waals surface area contributed by atoms with E-state index in [1.54, 1.807) is 0 Å². The van der Waals surface area contributed by atoms with Gasteiger partial charge in [-0.2, -0.15) is 0 Å². The molecule has 0 atom stereocenters. The van der Waals surface area contributed by atoms with Gasteiger partial charge in [0.05, 0.1) is 0 Å². The van der Waals surface area contributed by atoms with Gasteiger partial charge in [-0.3, -0.25) is 0 Å². The zero-order chi connectivity index (χ0) is 8.49. The average molecular weight is 277 g/mol. The van der Waals surface area contributed by atoms with Gasteiger partial charge in [0.25, 0.3) is 60.0 Å². The van der Waals surface area contributed by atoms with Crippen LogP contribution < -0.4 is 0 Å². The second-order valence-corrected chi connectivity index (χ2v) is 13.1. The van der Waals surface area contributed by atoms with Crippen molar-refractivity contribution in [3.63, 3.8) is 0 Å². The molecule has 0 aliphatic carbocycles. The molecule has 12 heavy (non-hydrogen) atoms. The Balaban J connectivity index is 2.00. The molecular weight excluding hydrogens is 265 g/mol. The predicted octanol–water partition coefficient (Wildman–Crippen LogP) is -5.91. The van der Waals surface area contributed by atoms with Crippen LogP contribution in [0.1, 0.15) is 0 Å². The van der Waals surface area contributed by atoms with Gasteiger partial charge < -0.3 is 24.7 Å². The van der Waals surface area contributed by atoms with Gasteiger partial charge in [0.2, 0.25) is 0 Å². The minimum atomic E-state index is -0.795. The van der Waals surface area contributed by atoms with Gasteiger partial charge in [0.15, 0.2) is 0 Å². The minimum Gasteiger partial charge on any atom is -0.425 e. The molecule has 0 N–H and O–H groups in total. The summed E-state index contributed by atoms with van der Waals surface area (Å²) < 4.78 is 31.4. The summed E-state index contributed by atoms with van der Waals surface area (Å²) in [7, 11) is -4.77. The third kappa shape index (κ3) is 6.56. The van der Waals surface area contributed by atoms with Crippen LogP contribution in [0.3, 0.4) is 0 Å². The highest BCUT2D eigenvalue weighted by atomic mass is 28.4. The lowest BCUT2D eigenvalue weighted by Crippen LogP contribution is -2.23. The summed E-state index contributed by atoms with van der Waals surface area (Å²) in [5.41, 5.74) is 0. The molecule has 1 heterocycles. The minimum absolute atomic E-state index is 0.795. The molecule has 12 heteroatoms. The second-order valence-electron chi connectivity index (χ2n) is 1.93. The van der Waals surface area contributed by atoms with Crippen molar-refractivity contribution in [1.82, 2.24) is 0 Å². The van der Waals surface area contributed by atoms with E-state index in [0.717, 1.165) is 0 Å². The Kier molecular flexibility index (Phi) is 8.03. The van der Waals surface area contributed by atoms with Crippen molar-refractivity contribution in [2.45, 2.75) is 0 Å². The average Bonchev–Trinajstić information content (AvgIpc) is 2.05. The molecule has 0 aromatic heterocycles. The van der Waals surface area contributed by atoms with Crippen LogP contribution in [0.5, 0.6) is 0 Å². The van der Waals surface area contributed by atoms with E-state index in [1.807, 2.05) is 0 Å². The molecule has 0 amide bonds. The van der Waals surface area contributed by atoms with Gasteiger partial charge in [-0.05, 0) is 0 Å². The van der Waals surface area contributed by atoms with Gasteiger partial charge >= 0.3 is 0 Å². The molecule has 0 radical (unpaired) electrons. The molecule has 0 aromatic rings. The molecule has 0 saturated carbocycles. The fourth-order valence-corrected chi connectivity index (χ4v) is 11.4. The lowest BCUT2D eigenvalue weighted by molar-refractivity contribution is 0.348. The topological polar surface area (TPSA) is 55.4 Å². The molecule has 1 saturated heterocycles. The van der Waals surface area contributed by atoms with Crippen molar-refractivity contribution in [3.05, 3.63) is 0 Å². The Morgan fingerprint density at radius 3 is 0.667 bits per heavy atom. The molecule has 0 aromatic carbocycles. The molecule has 72 valence electrons. The predicted molar refractivity (Wildman–Crippen MR) is 57.8 cm³/mol. The van der Waals surface area contributed by atoms with Crippen molar-refractivity contribution in [2.75, 3.05) is 0 Å². The van der Waals surface area contributed by atoms with Crippen molar-refractivity contribution < 1.29 is 24.7 Å². The van der Waals surface area contributed by atoms with E-state index in [1.165, 1.54) is 0 Å². The molecule has 1 aliphatic heterocycles. The molecule has 1 fully saturated rings. The Morgan fingerprint density at radius 1 is 0.333 bits per heavy atom. The largest absolute Gasteiger partial charge is 0.425 e. The van der Waals surface area contributed by atoms with Crippen molar-refractivity contribution in [2.24, 2.45) is 0 Å². The highest BCUT2D eigenvalue weighted by molar-refractivity contribution is 6.50. The summed E-state index contributed by atoms with van der Waals surface area (Å²) in [4.78, 5) is 0. The van der Waals surface area contributed by atoms with E-state index in [-0.39, 0.29) is 0 Å². The Labute approximate surface area is 85.0 Å². The summed E-state index contributed by atoms with van der Waals surface area (Å²) in [6.07, 6.45) is 0. The lowest BCUT2D eigenvalue weighted by atomic mass is 15.7. The molecule has 0 bridgehead atoms. The second kappa shape index (κ2) is 8.65. The Morgan fingerprint density at radius 2 is 0.500 bits per heavy atom. The van der Waals surface area contributed by atoms with E-state index in [9.17, 15) is 0 Å². The van der Waals surface area contributed by atoms with E-state index < -0.39 is 60.0 Å². The highest BCUT2D eigenvalue weighted by Crippen LogP contribution is 1.79. The maximum atomic E-state index is 5.24. The molecule has 1 rings (SSSR count). The fraction of sp³-hybridized carbons (Fsp3) is 0. The number of hydrogen-bond acceptors (Lipinski definition) is 6. The Hall–Kier alpha value is 1.06. The van der Waals surface area contributed by atoms with Gasteiger partial charge in [-0.25, -0.2) is 0 Å². The third-order valence-electron chi connectivity index (χ3n) is 1.00. The van der Waals surface area contributed by atoms with Crippen LogP contribution in [-0.2, 0) is 24.7 Å². The van der Waals surface area contributed by atoms with Crippen LogP contribution in [0.25, 0.3) is 0 Å². The van der Waals surface area contributed by atoms with E-state index in [4.69, 9.17) is 24.7 Å². The van der Waals surface area contributed by atoms with Crippen molar-refractivity contribution in [1.29, 1.82) is 0 Å². The van der Waals surface area contributed by atoms with E-state index in [0.29, 0.717) is 0 Å². The maximum Gasteiger partial charge on any atom is 0.286 e. The summed E-state index contributed by atoms with van der Waals surface area (Å²) in [5, 5.41) is 0. The van der Waals surface area contributed by atoms with Crippen molar-refractivity contribution >= 4 is 60.0 Å². The van der Waals surface area contributed by atoms with Crippen LogP contribution in [0, 0.1) is 0 Å². The standard InChI is InChI=1S/H12O6Si6/c1-7-2-9-4-11-6-12-5-10-3-8-1/h7-12H2. The zero-order valence-corrected chi connectivity index (χ0v) is 15.2. The van der Waals surface area contributed by atoms with Crippen molar-refractivity contribution in [3.8, 4) is 0 Å². The highest BCUT2D eigenvalue weighted by Gasteiger charge is 1.97. The third-order valence-corrected chi connectivity index (χ3v) is 9.00. The van der Waals surface area contributed by atoms with Crippen LogP contribution >= 0.6 is 0 Å². The summed E-state index contributed by atoms with van der Waals surface area (Å²) in [6, 6.07) is 0. The first kappa shape index (κ1) is 11.1. The number of rotatable bonds is 0. The van der Waals surface area contributed by atoms with Crippen LogP contribution in [-0.4, -0.2) is 60.0 Å². The molecule has 0 spiro atoms. The quantitative estimate of drug-likeness (QED) is 0.411. The van der Waals surface area contributed by atoms with Gasteiger partial charge in [0, 0.05) is 0 Å². The van der Waals surface area contributed by atoms with E-state index >= 15 is 0 Å². The first-order chi connectivity index (χ1) is 6.00. The molecular formula is H12O6Si6. The smallest absolute Gasteiger partial charge is 0.286 e. The van der Waals surface area contributed by atoms with Gasteiger partial charge in [0.1, 0.15) is 0 Å². The molecule has 1 aliphatic rings. The fourth-order valence-electron chi connectivity index (χ4n) is 0.558. The normalized spacial score (nSPS) is 36.0. The van der Waals surface area contributed by atoms with Crippen LogP contribution in [0.4, 0.5) is 0 Å². The Bertz CT molecular complexity index is 55.0. The first-order valence-electron chi connectivity index (χ1n) is 3.46. The van der Waals surface area contributed by atoms with Gasteiger partial charge in [-0.15, -0.1) is 0 Å². The number of hydrogen-bond donors (Lipinski definition) is 0. The van der Waals surface area contributed by atoms with E-state index in [2.05, 4.69) is 0 Å².